The van der Waals surface area contributed by atoms with Crippen molar-refractivity contribution in [3.8, 4) is 0 Å². The number of amides is 2. The molecule has 0 fully saturated rings. The summed E-state index contributed by atoms with van der Waals surface area (Å²) >= 11 is 6.32. The molecule has 0 saturated carbocycles. The first-order valence-electron chi connectivity index (χ1n) is 10.7. The van der Waals surface area contributed by atoms with Crippen molar-refractivity contribution < 1.29 is 22.4 Å². The molecule has 2 amide bonds. The van der Waals surface area contributed by atoms with Gasteiger partial charge in [-0.25, -0.2) is 12.8 Å². The fourth-order valence-corrected chi connectivity index (χ4v) is 5.23. The lowest BCUT2D eigenvalue weighted by Gasteiger charge is -2.32. The van der Waals surface area contributed by atoms with Crippen LogP contribution in [-0.2, 0) is 26.2 Å². The number of anilines is 1. The molecular weight excluding hydrogens is 493 g/mol. The van der Waals surface area contributed by atoms with E-state index in [1.807, 2.05) is 0 Å². The van der Waals surface area contributed by atoms with E-state index >= 15 is 0 Å². The van der Waals surface area contributed by atoms with E-state index in [9.17, 15) is 22.4 Å². The fraction of sp³-hybridized carbons (Fsp3) is 0.200. The summed E-state index contributed by atoms with van der Waals surface area (Å²) in [5, 5.41) is 2.60. The van der Waals surface area contributed by atoms with Crippen molar-refractivity contribution >= 4 is 39.1 Å². The summed E-state index contributed by atoms with van der Waals surface area (Å²) in [7, 11) is -2.79. The Hall–Kier alpha value is -3.43. The van der Waals surface area contributed by atoms with Gasteiger partial charge in [0.1, 0.15) is 18.4 Å². The summed E-state index contributed by atoms with van der Waals surface area (Å²) in [5.41, 5.74) is 0.289. The second-order valence-corrected chi connectivity index (χ2v) is 9.95. The molecule has 3 aromatic carbocycles. The van der Waals surface area contributed by atoms with E-state index in [-0.39, 0.29) is 27.7 Å². The van der Waals surface area contributed by atoms with E-state index in [1.165, 1.54) is 56.4 Å². The van der Waals surface area contributed by atoms with Crippen LogP contribution in [0.4, 0.5) is 10.1 Å². The van der Waals surface area contributed by atoms with Crippen LogP contribution in [0.3, 0.4) is 0 Å². The normalized spacial score (nSPS) is 12.0. The van der Waals surface area contributed by atoms with Crippen LogP contribution in [0.1, 0.15) is 12.5 Å². The molecule has 3 aromatic rings. The molecule has 3 rings (SSSR count). The van der Waals surface area contributed by atoms with Gasteiger partial charge in [0.05, 0.1) is 15.6 Å². The lowest BCUT2D eigenvalue weighted by atomic mass is 10.1. The molecule has 0 aliphatic heterocycles. The van der Waals surface area contributed by atoms with E-state index in [1.54, 1.807) is 36.4 Å². The quantitative estimate of drug-likeness (QED) is 0.467. The average Bonchev–Trinajstić information content (AvgIpc) is 2.86. The first-order chi connectivity index (χ1) is 16.7. The number of sulfonamides is 1. The van der Waals surface area contributed by atoms with Crippen molar-refractivity contribution in [3.63, 3.8) is 0 Å². The molecule has 1 atom stereocenters. The van der Waals surface area contributed by atoms with E-state index in [2.05, 4.69) is 5.32 Å². The van der Waals surface area contributed by atoms with Gasteiger partial charge in [0.15, 0.2) is 0 Å². The van der Waals surface area contributed by atoms with Crippen LogP contribution in [0.15, 0.2) is 83.8 Å². The molecule has 10 heteroatoms. The van der Waals surface area contributed by atoms with Gasteiger partial charge in [-0.05, 0) is 37.3 Å². The van der Waals surface area contributed by atoms with Gasteiger partial charge >= 0.3 is 0 Å². The van der Waals surface area contributed by atoms with Crippen LogP contribution in [0, 0.1) is 5.82 Å². The van der Waals surface area contributed by atoms with E-state index in [0.29, 0.717) is 0 Å². The summed E-state index contributed by atoms with van der Waals surface area (Å²) in [6, 6.07) is 18.7. The zero-order chi connectivity index (χ0) is 25.6. The number of nitrogens with zero attached hydrogens (tertiary/aromatic N) is 2. The van der Waals surface area contributed by atoms with E-state index in [4.69, 9.17) is 11.6 Å². The molecule has 0 bridgehead atoms. The summed E-state index contributed by atoms with van der Waals surface area (Å²) in [6.07, 6.45) is 0. The van der Waals surface area contributed by atoms with Crippen molar-refractivity contribution in [1.82, 2.24) is 10.2 Å². The highest BCUT2D eigenvalue weighted by Crippen LogP contribution is 2.30. The van der Waals surface area contributed by atoms with Crippen molar-refractivity contribution in [2.75, 3.05) is 17.9 Å². The number of carbonyl (C=O) groups is 2. The highest BCUT2D eigenvalue weighted by molar-refractivity contribution is 7.92. The molecule has 0 heterocycles. The molecule has 35 heavy (non-hydrogen) atoms. The standard InChI is InChI=1S/C25H25ClFN3O4S/c1-18(25(32)28-2)29(16-19-10-6-8-14-22(19)27)24(31)17-30(23-15-9-7-13-21(23)26)35(33,34)20-11-4-3-5-12-20/h3-15,18H,16-17H2,1-2H3,(H,28,32)/t18-/m0/s1. The molecular formula is C25H25ClFN3O4S. The molecule has 1 N–H and O–H groups in total. The number of hydrogen-bond acceptors (Lipinski definition) is 4. The van der Waals surface area contributed by atoms with Crippen molar-refractivity contribution in [1.29, 1.82) is 0 Å². The number of hydrogen-bond donors (Lipinski definition) is 1. The second-order valence-electron chi connectivity index (χ2n) is 7.68. The van der Waals surface area contributed by atoms with E-state index < -0.39 is 40.2 Å². The minimum atomic E-state index is -4.21. The first-order valence-corrected chi connectivity index (χ1v) is 12.6. The first kappa shape index (κ1) is 26.2. The van der Waals surface area contributed by atoms with Crippen LogP contribution in [-0.4, -0.2) is 44.8 Å². The molecule has 0 aliphatic carbocycles. The summed E-state index contributed by atoms with van der Waals surface area (Å²) in [5.74, 6) is -1.73. The third kappa shape index (κ3) is 5.98. The highest BCUT2D eigenvalue weighted by Gasteiger charge is 2.33. The second kappa shape index (κ2) is 11.3. The Bertz CT molecular complexity index is 1300. The van der Waals surface area contributed by atoms with Gasteiger partial charge in [-0.1, -0.05) is 60.1 Å². The van der Waals surface area contributed by atoms with Gasteiger partial charge in [0.2, 0.25) is 11.8 Å². The molecule has 0 aromatic heterocycles. The van der Waals surface area contributed by atoms with Crippen LogP contribution < -0.4 is 9.62 Å². The topological polar surface area (TPSA) is 86.8 Å². The summed E-state index contributed by atoms with van der Waals surface area (Å²) in [4.78, 5) is 27.1. The van der Waals surface area contributed by atoms with Gasteiger partial charge in [-0.2, -0.15) is 0 Å². The fourth-order valence-electron chi connectivity index (χ4n) is 3.49. The Labute approximate surface area is 209 Å². The maximum Gasteiger partial charge on any atom is 0.264 e. The van der Waals surface area contributed by atoms with Gasteiger partial charge in [0.25, 0.3) is 10.0 Å². The predicted molar refractivity (Wildman–Crippen MR) is 133 cm³/mol. The monoisotopic (exact) mass is 517 g/mol. The molecule has 0 saturated heterocycles. The minimum absolute atomic E-state index is 0.0345. The maximum atomic E-state index is 14.4. The summed E-state index contributed by atoms with van der Waals surface area (Å²) in [6.45, 7) is 0.599. The Balaban J connectivity index is 2.05. The van der Waals surface area contributed by atoms with E-state index in [0.717, 1.165) is 9.21 Å². The average molecular weight is 518 g/mol. The van der Waals surface area contributed by atoms with Gasteiger partial charge in [0, 0.05) is 19.2 Å². The van der Waals surface area contributed by atoms with Crippen LogP contribution >= 0.6 is 11.6 Å². The smallest absolute Gasteiger partial charge is 0.264 e. The molecule has 0 aliphatic rings. The molecule has 184 valence electrons. The Morgan fingerprint density at radius 2 is 1.57 bits per heavy atom. The SMILES string of the molecule is CNC(=O)[C@H](C)N(Cc1ccccc1F)C(=O)CN(c1ccccc1Cl)S(=O)(=O)c1ccccc1. The van der Waals surface area contributed by atoms with Gasteiger partial charge in [-0.3, -0.25) is 13.9 Å². The Kier molecular flexibility index (Phi) is 8.48. The Morgan fingerprint density at radius 1 is 0.971 bits per heavy atom. The van der Waals surface area contributed by atoms with Crippen LogP contribution in [0.25, 0.3) is 0 Å². The molecule has 0 unspecified atom stereocenters. The van der Waals surface area contributed by atoms with Crippen LogP contribution in [0.5, 0.6) is 0 Å². The largest absolute Gasteiger partial charge is 0.357 e. The van der Waals surface area contributed by atoms with Crippen molar-refractivity contribution in [3.05, 3.63) is 95.3 Å². The number of para-hydroxylation sites is 1. The van der Waals surface area contributed by atoms with Crippen molar-refractivity contribution in [2.24, 2.45) is 0 Å². The summed E-state index contributed by atoms with van der Waals surface area (Å²) < 4.78 is 42.4. The number of halogens is 2. The predicted octanol–water partition coefficient (Wildman–Crippen LogP) is 3.84. The lowest BCUT2D eigenvalue weighted by Crippen LogP contribution is -2.50. The zero-order valence-electron chi connectivity index (χ0n) is 19.2. The number of nitrogens with one attached hydrogen (secondary N) is 1. The third-order valence-electron chi connectivity index (χ3n) is 5.44. The van der Waals surface area contributed by atoms with Crippen LogP contribution in [0.2, 0.25) is 5.02 Å². The number of benzene rings is 3. The molecule has 7 nitrogen and oxygen atoms in total. The minimum Gasteiger partial charge on any atom is -0.357 e. The number of likely N-dealkylation sites (N-methyl/N-ethyl adjacent to an activating group) is 1. The Morgan fingerprint density at radius 3 is 2.20 bits per heavy atom. The molecule has 0 spiro atoms. The number of rotatable bonds is 9. The highest BCUT2D eigenvalue weighted by atomic mass is 35.5. The number of carbonyl (C=O) groups excluding carboxylic acids is 2. The lowest BCUT2D eigenvalue weighted by molar-refractivity contribution is -0.139. The van der Waals surface area contributed by atoms with Crippen molar-refractivity contribution in [2.45, 2.75) is 24.4 Å². The van der Waals surface area contributed by atoms with Gasteiger partial charge < -0.3 is 10.2 Å². The third-order valence-corrected chi connectivity index (χ3v) is 7.54. The zero-order valence-corrected chi connectivity index (χ0v) is 20.8. The molecule has 0 radical (unpaired) electrons. The van der Waals surface area contributed by atoms with Gasteiger partial charge in [-0.15, -0.1) is 0 Å². The maximum absolute atomic E-state index is 14.4.